The number of ether oxygens (including phenoxy) is 1. The first-order valence-corrected chi connectivity index (χ1v) is 13.8. The Balaban J connectivity index is 1.76. The number of esters is 1. The maximum atomic E-state index is 13.8. The fourth-order valence-electron chi connectivity index (χ4n) is 4.42. The van der Waals surface area contributed by atoms with Crippen LogP contribution in [-0.4, -0.2) is 44.6 Å². The number of nitrogens with zero attached hydrogens (tertiary/aromatic N) is 2. The smallest absolute Gasteiger partial charge is 0.338 e. The van der Waals surface area contributed by atoms with E-state index in [2.05, 4.69) is 15.0 Å². The van der Waals surface area contributed by atoms with Gasteiger partial charge in [0.05, 0.1) is 18.9 Å². The highest BCUT2D eigenvalue weighted by atomic mass is 35.5. The van der Waals surface area contributed by atoms with Crippen LogP contribution in [0.1, 0.15) is 42.3 Å². The molecule has 2 heterocycles. The summed E-state index contributed by atoms with van der Waals surface area (Å²) in [5.41, 5.74) is 1.43. The average Bonchev–Trinajstić information content (AvgIpc) is 3.32. The first kappa shape index (κ1) is 24.8. The number of nitrogens with one attached hydrogen (secondary N) is 2. The highest BCUT2D eigenvalue weighted by Crippen LogP contribution is 2.41. The maximum absolute atomic E-state index is 13.8. The zero-order chi connectivity index (χ0) is 24.5. The van der Waals surface area contributed by atoms with Crippen LogP contribution < -0.4 is 10.0 Å². The number of amidine groups is 1. The molecule has 0 spiro atoms. The number of hydrogen-bond donors (Lipinski definition) is 2. The molecule has 1 aliphatic carbocycles. The van der Waals surface area contributed by atoms with Crippen molar-refractivity contribution in [1.29, 1.82) is 0 Å². The zero-order valence-corrected chi connectivity index (χ0v) is 20.9. The van der Waals surface area contributed by atoms with Crippen molar-refractivity contribution in [2.45, 2.75) is 37.8 Å². The molecule has 12 heteroatoms. The third-order valence-electron chi connectivity index (χ3n) is 5.89. The van der Waals surface area contributed by atoms with Crippen LogP contribution in [0, 0.1) is 11.7 Å². The van der Waals surface area contributed by atoms with Crippen LogP contribution in [0.25, 0.3) is 0 Å². The zero-order valence-electron chi connectivity index (χ0n) is 18.5. The molecule has 0 amide bonds. The number of aliphatic imine (C=N–C) groups is 1. The molecule has 34 heavy (non-hydrogen) atoms. The van der Waals surface area contributed by atoms with Gasteiger partial charge in [0.15, 0.2) is 10.8 Å². The van der Waals surface area contributed by atoms with Crippen LogP contribution in [0.2, 0.25) is 5.02 Å². The summed E-state index contributed by atoms with van der Waals surface area (Å²) < 4.78 is 44.8. The van der Waals surface area contributed by atoms with E-state index in [0.29, 0.717) is 53.4 Å². The highest BCUT2D eigenvalue weighted by molar-refractivity contribution is 7.88. The number of halogens is 2. The molecule has 1 aromatic heterocycles. The quantitative estimate of drug-likeness (QED) is 0.557. The van der Waals surface area contributed by atoms with Gasteiger partial charge in [-0.2, -0.15) is 0 Å². The highest BCUT2D eigenvalue weighted by Gasteiger charge is 2.37. The summed E-state index contributed by atoms with van der Waals surface area (Å²) in [6.07, 6.45) is 5.32. The molecule has 8 nitrogen and oxygen atoms in total. The molecule has 182 valence electrons. The minimum Gasteiger partial charge on any atom is -0.466 e. The van der Waals surface area contributed by atoms with Gasteiger partial charge in [-0.1, -0.05) is 17.7 Å². The molecular weight excluding hydrogens is 503 g/mol. The van der Waals surface area contributed by atoms with Crippen LogP contribution >= 0.6 is 22.9 Å². The van der Waals surface area contributed by atoms with Crippen molar-refractivity contribution in [3.05, 3.63) is 62.5 Å². The lowest BCUT2D eigenvalue weighted by Crippen LogP contribution is -2.41. The van der Waals surface area contributed by atoms with Crippen molar-refractivity contribution in [2.24, 2.45) is 10.9 Å². The minimum atomic E-state index is -3.31. The number of allylic oxidation sites excluding steroid dienone is 1. The van der Waals surface area contributed by atoms with E-state index in [9.17, 15) is 17.6 Å². The SMILES string of the molecule is COC(=O)C1=C([C@H]2CC[C@@H](NS(C)(=O)=O)CC2)NC(c2nccs2)=NC1c1ccc(F)cc1Cl. The Morgan fingerprint density at radius 3 is 2.62 bits per heavy atom. The van der Waals surface area contributed by atoms with E-state index in [1.165, 1.54) is 36.6 Å². The first-order chi connectivity index (χ1) is 16.2. The van der Waals surface area contributed by atoms with E-state index in [1.807, 2.05) is 5.38 Å². The molecule has 1 aromatic carbocycles. The number of methoxy groups -OCH3 is 1. The number of carbonyl (C=O) groups is 1. The van der Waals surface area contributed by atoms with Gasteiger partial charge in [-0.15, -0.1) is 11.3 Å². The van der Waals surface area contributed by atoms with Gasteiger partial charge in [-0.3, -0.25) is 4.99 Å². The fourth-order valence-corrected chi connectivity index (χ4v) is 6.12. The summed E-state index contributed by atoms with van der Waals surface area (Å²) in [5, 5.41) is 5.91. The predicted molar refractivity (Wildman–Crippen MR) is 129 cm³/mol. The average molecular weight is 527 g/mol. The van der Waals surface area contributed by atoms with Gasteiger partial charge in [0.25, 0.3) is 0 Å². The molecule has 2 N–H and O–H groups in total. The van der Waals surface area contributed by atoms with Crippen LogP contribution in [0.15, 0.2) is 46.0 Å². The lowest BCUT2D eigenvalue weighted by molar-refractivity contribution is -0.136. The number of benzene rings is 1. The van der Waals surface area contributed by atoms with Gasteiger partial charge in [0.1, 0.15) is 11.9 Å². The second-order valence-corrected chi connectivity index (χ2v) is 11.3. The number of hydrogen-bond acceptors (Lipinski definition) is 8. The van der Waals surface area contributed by atoms with Gasteiger partial charge in [-0.25, -0.2) is 27.3 Å². The number of carbonyl (C=O) groups excluding carboxylic acids is 1. The summed E-state index contributed by atoms with van der Waals surface area (Å²) in [7, 11) is -2.01. The van der Waals surface area contributed by atoms with Gasteiger partial charge in [-0.05, 0) is 43.7 Å². The lowest BCUT2D eigenvalue weighted by Gasteiger charge is -2.35. The topological polar surface area (TPSA) is 110 Å². The molecule has 1 unspecified atom stereocenters. The number of aromatic nitrogens is 1. The molecule has 0 bridgehead atoms. The number of rotatable bonds is 6. The Morgan fingerprint density at radius 1 is 1.29 bits per heavy atom. The van der Waals surface area contributed by atoms with Crippen molar-refractivity contribution in [2.75, 3.05) is 13.4 Å². The van der Waals surface area contributed by atoms with Crippen molar-refractivity contribution < 1.29 is 22.3 Å². The van der Waals surface area contributed by atoms with E-state index in [4.69, 9.17) is 21.3 Å². The Hall–Kier alpha value is -2.34. The Bertz CT molecular complexity index is 1240. The maximum Gasteiger partial charge on any atom is 0.338 e. The monoisotopic (exact) mass is 526 g/mol. The first-order valence-electron chi connectivity index (χ1n) is 10.7. The summed E-state index contributed by atoms with van der Waals surface area (Å²) in [6, 6.07) is 3.01. The van der Waals surface area contributed by atoms with Crippen molar-refractivity contribution >= 4 is 44.8 Å². The molecule has 4 rings (SSSR count). The second-order valence-electron chi connectivity index (χ2n) is 8.27. The van der Waals surface area contributed by atoms with Crippen molar-refractivity contribution in [1.82, 2.24) is 15.0 Å². The third kappa shape index (κ3) is 5.48. The van der Waals surface area contributed by atoms with Gasteiger partial charge < -0.3 is 10.1 Å². The van der Waals surface area contributed by atoms with E-state index in [0.717, 1.165) is 6.26 Å². The van der Waals surface area contributed by atoms with Crippen LogP contribution in [-0.2, 0) is 19.6 Å². The molecule has 2 aliphatic rings. The lowest BCUT2D eigenvalue weighted by atomic mass is 9.80. The van der Waals surface area contributed by atoms with E-state index < -0.39 is 27.9 Å². The van der Waals surface area contributed by atoms with Crippen molar-refractivity contribution in [3.63, 3.8) is 0 Å². The summed E-state index contributed by atoms with van der Waals surface area (Å²) >= 11 is 7.77. The summed E-state index contributed by atoms with van der Waals surface area (Å²) in [5.74, 6) is -0.642. The molecule has 0 radical (unpaired) electrons. The largest absolute Gasteiger partial charge is 0.466 e. The summed E-state index contributed by atoms with van der Waals surface area (Å²) in [6.45, 7) is 0. The van der Waals surface area contributed by atoms with E-state index >= 15 is 0 Å². The number of thiazole rings is 1. The molecule has 1 saturated carbocycles. The van der Waals surface area contributed by atoms with Crippen LogP contribution in [0.4, 0.5) is 4.39 Å². The molecular formula is C22H24ClFN4O4S2. The molecule has 2 aromatic rings. The van der Waals surface area contributed by atoms with Gasteiger partial charge in [0, 0.05) is 33.9 Å². The van der Waals surface area contributed by atoms with Gasteiger partial charge in [0.2, 0.25) is 10.0 Å². The predicted octanol–water partition coefficient (Wildman–Crippen LogP) is 3.56. The van der Waals surface area contributed by atoms with E-state index in [1.54, 1.807) is 6.20 Å². The van der Waals surface area contributed by atoms with Crippen LogP contribution in [0.3, 0.4) is 0 Å². The Kier molecular flexibility index (Phi) is 7.36. The molecule has 1 fully saturated rings. The second kappa shape index (κ2) is 10.1. The summed E-state index contributed by atoms with van der Waals surface area (Å²) in [4.78, 5) is 22.1. The standard InChI is InChI=1S/C22H24ClFN4O4S2/c1-32-22(29)17-18(12-3-6-14(7-4-12)28-34(2,30)31)26-20(21-25-9-10-33-21)27-19(17)15-8-5-13(24)11-16(15)23/h5,8-12,14,19,28H,3-4,6-7H2,1-2H3,(H,26,27)/t12-,14+,19?. The van der Waals surface area contributed by atoms with Crippen LogP contribution in [0.5, 0.6) is 0 Å². The normalized spacial score (nSPS) is 23.3. The van der Waals surface area contributed by atoms with E-state index in [-0.39, 0.29) is 17.0 Å². The molecule has 0 saturated heterocycles. The van der Waals surface area contributed by atoms with Crippen molar-refractivity contribution in [3.8, 4) is 0 Å². The molecule has 1 atom stereocenters. The number of sulfonamides is 1. The Morgan fingerprint density at radius 2 is 2.03 bits per heavy atom. The Labute approximate surface area is 206 Å². The molecule has 1 aliphatic heterocycles. The minimum absolute atomic E-state index is 0.0705. The fraction of sp³-hybridized carbons (Fsp3) is 0.409. The third-order valence-corrected chi connectivity index (χ3v) is 7.76. The van der Waals surface area contributed by atoms with Gasteiger partial charge >= 0.3 is 5.97 Å².